The van der Waals surface area contributed by atoms with Crippen molar-refractivity contribution in [2.75, 3.05) is 12.8 Å². The maximum atomic E-state index is 6.22. The maximum absolute atomic E-state index is 6.22. The SMILES string of the molecule is CCn1c(-c2c(N)sc(C)c2C)nc2cc(OC)ccc21. The Morgan fingerprint density at radius 3 is 2.67 bits per heavy atom. The number of anilines is 1. The minimum absolute atomic E-state index is 0.820. The zero-order chi connectivity index (χ0) is 15.1. The van der Waals surface area contributed by atoms with Crippen LogP contribution < -0.4 is 10.5 Å². The van der Waals surface area contributed by atoms with Crippen molar-refractivity contribution in [3.8, 4) is 17.1 Å². The van der Waals surface area contributed by atoms with Crippen LogP contribution in [0.2, 0.25) is 0 Å². The Kier molecular flexibility index (Phi) is 3.37. The van der Waals surface area contributed by atoms with Crippen LogP contribution in [0.4, 0.5) is 5.00 Å². The first-order chi connectivity index (χ1) is 10.1. The predicted molar refractivity (Wildman–Crippen MR) is 89.2 cm³/mol. The molecule has 3 rings (SSSR count). The third kappa shape index (κ3) is 2.08. The summed E-state index contributed by atoms with van der Waals surface area (Å²) in [7, 11) is 1.67. The van der Waals surface area contributed by atoms with Crippen molar-refractivity contribution in [2.45, 2.75) is 27.3 Å². The molecule has 110 valence electrons. The number of rotatable bonds is 3. The van der Waals surface area contributed by atoms with Gasteiger partial charge >= 0.3 is 0 Å². The van der Waals surface area contributed by atoms with Crippen molar-refractivity contribution in [1.29, 1.82) is 0 Å². The number of nitrogen functional groups attached to an aromatic ring is 1. The fraction of sp³-hybridized carbons (Fsp3) is 0.312. The number of methoxy groups -OCH3 is 1. The zero-order valence-corrected chi connectivity index (χ0v) is 13.5. The second-order valence-electron chi connectivity index (χ2n) is 5.06. The number of nitrogens with two attached hydrogens (primary N) is 1. The molecule has 0 fully saturated rings. The van der Waals surface area contributed by atoms with Gasteiger partial charge in [0.25, 0.3) is 0 Å². The maximum Gasteiger partial charge on any atom is 0.144 e. The summed E-state index contributed by atoms with van der Waals surface area (Å²) in [4.78, 5) is 6.05. The van der Waals surface area contributed by atoms with Gasteiger partial charge in [0.2, 0.25) is 0 Å². The van der Waals surface area contributed by atoms with E-state index in [-0.39, 0.29) is 0 Å². The Morgan fingerprint density at radius 1 is 1.33 bits per heavy atom. The zero-order valence-electron chi connectivity index (χ0n) is 12.7. The lowest BCUT2D eigenvalue weighted by Gasteiger charge is -2.07. The number of fused-ring (bicyclic) bond motifs is 1. The Bertz CT molecular complexity index is 817. The average molecular weight is 301 g/mol. The standard InChI is InChI=1S/C16H19N3OS/c1-5-19-13-7-6-11(20-4)8-12(13)18-16(19)14-9(2)10(3)21-15(14)17/h6-8H,5,17H2,1-4H3. The van der Waals surface area contributed by atoms with Gasteiger partial charge in [0.15, 0.2) is 0 Å². The van der Waals surface area contributed by atoms with Crippen molar-refractivity contribution < 1.29 is 4.74 Å². The van der Waals surface area contributed by atoms with Gasteiger partial charge in [-0.2, -0.15) is 0 Å². The van der Waals surface area contributed by atoms with Gasteiger partial charge in [-0.3, -0.25) is 0 Å². The molecule has 0 atom stereocenters. The van der Waals surface area contributed by atoms with Gasteiger partial charge in [0.1, 0.15) is 11.6 Å². The van der Waals surface area contributed by atoms with Crippen LogP contribution in [0.25, 0.3) is 22.4 Å². The van der Waals surface area contributed by atoms with Crippen LogP contribution >= 0.6 is 11.3 Å². The monoisotopic (exact) mass is 301 g/mol. The van der Waals surface area contributed by atoms with E-state index in [2.05, 4.69) is 31.4 Å². The van der Waals surface area contributed by atoms with Gasteiger partial charge in [-0.05, 0) is 38.5 Å². The van der Waals surface area contributed by atoms with E-state index in [9.17, 15) is 0 Å². The van der Waals surface area contributed by atoms with Crippen LogP contribution in [0.1, 0.15) is 17.4 Å². The highest BCUT2D eigenvalue weighted by Crippen LogP contribution is 2.39. The molecule has 2 aromatic heterocycles. The van der Waals surface area contributed by atoms with Crippen LogP contribution in [-0.4, -0.2) is 16.7 Å². The van der Waals surface area contributed by atoms with E-state index in [0.29, 0.717) is 0 Å². The number of hydrogen-bond acceptors (Lipinski definition) is 4. The molecule has 4 nitrogen and oxygen atoms in total. The minimum atomic E-state index is 0.820. The summed E-state index contributed by atoms with van der Waals surface area (Å²) in [6, 6.07) is 5.99. The van der Waals surface area contributed by atoms with Crippen LogP contribution in [-0.2, 0) is 6.54 Å². The van der Waals surface area contributed by atoms with E-state index in [0.717, 1.165) is 39.7 Å². The number of hydrogen-bond donors (Lipinski definition) is 1. The quantitative estimate of drug-likeness (QED) is 0.795. The summed E-state index contributed by atoms with van der Waals surface area (Å²) in [6.07, 6.45) is 0. The van der Waals surface area contributed by atoms with E-state index in [4.69, 9.17) is 15.5 Å². The lowest BCUT2D eigenvalue weighted by atomic mass is 10.1. The molecular weight excluding hydrogens is 282 g/mol. The molecule has 21 heavy (non-hydrogen) atoms. The van der Waals surface area contributed by atoms with Crippen molar-refractivity contribution in [3.05, 3.63) is 28.6 Å². The number of nitrogens with zero attached hydrogens (tertiary/aromatic N) is 2. The molecule has 0 saturated heterocycles. The molecule has 0 saturated carbocycles. The number of imidazole rings is 1. The topological polar surface area (TPSA) is 53.1 Å². The molecule has 0 aliphatic heterocycles. The predicted octanol–water partition coefficient (Wildman–Crippen LogP) is 3.99. The molecule has 0 aliphatic carbocycles. The fourth-order valence-electron chi connectivity index (χ4n) is 2.68. The second-order valence-corrected chi connectivity index (χ2v) is 6.31. The molecule has 0 aliphatic rings. The largest absolute Gasteiger partial charge is 0.497 e. The highest BCUT2D eigenvalue weighted by molar-refractivity contribution is 7.16. The van der Waals surface area contributed by atoms with Crippen LogP contribution in [0.5, 0.6) is 5.75 Å². The summed E-state index contributed by atoms with van der Waals surface area (Å²) < 4.78 is 7.50. The summed E-state index contributed by atoms with van der Waals surface area (Å²) in [5.41, 5.74) is 10.5. The normalized spacial score (nSPS) is 11.2. The second kappa shape index (κ2) is 5.07. The van der Waals surface area contributed by atoms with Gasteiger partial charge in [-0.1, -0.05) is 0 Å². The fourth-order valence-corrected chi connectivity index (χ4v) is 3.61. The summed E-state index contributed by atoms with van der Waals surface area (Å²) in [5, 5.41) is 0.835. The number of aromatic nitrogens is 2. The van der Waals surface area contributed by atoms with Gasteiger partial charge in [0.05, 0.1) is 28.7 Å². The van der Waals surface area contributed by atoms with E-state index in [1.54, 1.807) is 18.4 Å². The molecule has 0 radical (unpaired) electrons. The highest BCUT2D eigenvalue weighted by Gasteiger charge is 2.19. The Hall–Kier alpha value is -2.01. The highest BCUT2D eigenvalue weighted by atomic mass is 32.1. The summed E-state index contributed by atoms with van der Waals surface area (Å²) >= 11 is 1.63. The van der Waals surface area contributed by atoms with Crippen molar-refractivity contribution in [3.63, 3.8) is 0 Å². The van der Waals surface area contributed by atoms with Crippen molar-refractivity contribution in [1.82, 2.24) is 9.55 Å². The minimum Gasteiger partial charge on any atom is -0.497 e. The van der Waals surface area contributed by atoms with Crippen LogP contribution in [0, 0.1) is 13.8 Å². The average Bonchev–Trinajstić information content (AvgIpc) is 2.95. The van der Waals surface area contributed by atoms with Crippen molar-refractivity contribution in [2.24, 2.45) is 0 Å². The third-order valence-corrected chi connectivity index (χ3v) is 4.94. The molecule has 0 amide bonds. The van der Waals surface area contributed by atoms with Crippen LogP contribution in [0.3, 0.4) is 0 Å². The Morgan fingerprint density at radius 2 is 2.10 bits per heavy atom. The Balaban J connectivity index is 2.31. The first kappa shape index (κ1) is 13.9. The van der Waals surface area contributed by atoms with Gasteiger partial charge in [-0.15, -0.1) is 11.3 Å². The van der Waals surface area contributed by atoms with E-state index in [1.807, 2.05) is 12.1 Å². The molecule has 2 heterocycles. The number of benzene rings is 1. The summed E-state index contributed by atoms with van der Waals surface area (Å²) in [6.45, 7) is 7.19. The van der Waals surface area contributed by atoms with Gasteiger partial charge < -0.3 is 15.0 Å². The van der Waals surface area contributed by atoms with Gasteiger partial charge in [0, 0.05) is 17.5 Å². The smallest absolute Gasteiger partial charge is 0.144 e. The van der Waals surface area contributed by atoms with Gasteiger partial charge in [-0.25, -0.2) is 4.98 Å². The Labute approximate surface area is 128 Å². The van der Waals surface area contributed by atoms with E-state index >= 15 is 0 Å². The summed E-state index contributed by atoms with van der Waals surface area (Å²) in [5.74, 6) is 1.76. The molecule has 0 spiro atoms. The molecule has 1 aromatic carbocycles. The number of thiophene rings is 1. The first-order valence-corrected chi connectivity index (χ1v) is 7.78. The lowest BCUT2D eigenvalue weighted by molar-refractivity contribution is 0.415. The first-order valence-electron chi connectivity index (χ1n) is 6.97. The lowest BCUT2D eigenvalue weighted by Crippen LogP contribution is -1.99. The van der Waals surface area contributed by atoms with Crippen LogP contribution in [0.15, 0.2) is 18.2 Å². The molecule has 5 heteroatoms. The number of ether oxygens (including phenoxy) is 1. The molecule has 3 aromatic rings. The molecule has 0 unspecified atom stereocenters. The molecular formula is C16H19N3OS. The van der Waals surface area contributed by atoms with Crippen molar-refractivity contribution >= 4 is 27.4 Å². The van der Waals surface area contributed by atoms with E-state index < -0.39 is 0 Å². The van der Waals surface area contributed by atoms with E-state index in [1.165, 1.54) is 10.4 Å². The number of aryl methyl sites for hydroxylation is 2. The molecule has 0 bridgehead atoms. The third-order valence-electron chi connectivity index (χ3n) is 3.91. The molecule has 2 N–H and O–H groups in total.